The summed E-state index contributed by atoms with van der Waals surface area (Å²) >= 11 is 0. The van der Waals surface area contributed by atoms with Crippen molar-refractivity contribution >= 4 is 65.4 Å². The zero-order valence-corrected chi connectivity index (χ0v) is 22.1. The molecule has 0 aliphatic carbocycles. The molecule has 182 valence electrons. The van der Waals surface area contributed by atoms with Crippen LogP contribution in [0, 0.1) is 27.7 Å². The van der Waals surface area contributed by atoms with Crippen LogP contribution in [0.25, 0.3) is 65.4 Å². The van der Waals surface area contributed by atoms with Gasteiger partial charge in [-0.1, -0.05) is 77.9 Å². The fourth-order valence-corrected chi connectivity index (χ4v) is 6.80. The van der Waals surface area contributed by atoms with Crippen molar-refractivity contribution in [1.29, 1.82) is 0 Å². The lowest BCUT2D eigenvalue weighted by atomic mass is 9.99. The molecule has 0 saturated heterocycles. The van der Waals surface area contributed by atoms with Crippen molar-refractivity contribution in [2.75, 3.05) is 0 Å². The quantitative estimate of drug-likeness (QED) is 0.201. The van der Waals surface area contributed by atoms with Crippen molar-refractivity contribution in [3.8, 4) is 0 Å². The summed E-state index contributed by atoms with van der Waals surface area (Å²) in [4.78, 5) is 0. The minimum atomic E-state index is 1.22. The third-order valence-corrected chi connectivity index (χ3v) is 8.41. The van der Waals surface area contributed by atoms with E-state index in [4.69, 9.17) is 0 Å². The number of aryl methyl sites for hydroxylation is 4. The fourth-order valence-electron chi connectivity index (χ4n) is 6.80. The Morgan fingerprint density at radius 1 is 0.421 bits per heavy atom. The first kappa shape index (κ1) is 21.5. The van der Waals surface area contributed by atoms with E-state index in [9.17, 15) is 0 Å². The topological polar surface area (TPSA) is 8.82 Å². The summed E-state index contributed by atoms with van der Waals surface area (Å²) in [6.45, 7) is 8.89. The third-order valence-electron chi connectivity index (χ3n) is 8.41. The third kappa shape index (κ3) is 2.67. The number of hydrogen-bond acceptors (Lipinski definition) is 0. The van der Waals surface area contributed by atoms with E-state index in [-0.39, 0.29) is 0 Å². The maximum atomic E-state index is 2.54. The van der Waals surface area contributed by atoms with Gasteiger partial charge in [-0.15, -0.1) is 0 Å². The van der Waals surface area contributed by atoms with Gasteiger partial charge < -0.3 is 0 Å². The number of aromatic nitrogens is 2. The van der Waals surface area contributed by atoms with E-state index in [0.29, 0.717) is 0 Å². The number of benzene rings is 5. The molecule has 0 bridgehead atoms. The molecular formula is C36H28N2. The van der Waals surface area contributed by atoms with Crippen molar-refractivity contribution < 1.29 is 0 Å². The normalized spacial score (nSPS) is 12.2. The molecule has 2 nitrogen and oxygen atoms in total. The Bertz CT molecular complexity index is 2330. The van der Waals surface area contributed by atoms with Gasteiger partial charge in [0.25, 0.3) is 0 Å². The molecule has 3 aromatic heterocycles. The van der Waals surface area contributed by atoms with Crippen molar-refractivity contribution in [1.82, 2.24) is 8.80 Å². The van der Waals surface area contributed by atoms with Crippen molar-refractivity contribution in [3.63, 3.8) is 0 Å². The lowest BCUT2D eigenvalue weighted by molar-refractivity contribution is 1.21. The van der Waals surface area contributed by atoms with E-state index in [0.717, 1.165) is 0 Å². The second-order valence-electron chi connectivity index (χ2n) is 10.9. The second kappa shape index (κ2) is 7.49. The number of hydrogen-bond donors (Lipinski definition) is 0. The van der Waals surface area contributed by atoms with Crippen LogP contribution in [0.4, 0.5) is 0 Å². The molecule has 38 heavy (non-hydrogen) atoms. The molecule has 0 aliphatic heterocycles. The molecule has 0 saturated carbocycles. The van der Waals surface area contributed by atoms with Gasteiger partial charge >= 0.3 is 0 Å². The number of para-hydroxylation sites is 2. The van der Waals surface area contributed by atoms with E-state index in [2.05, 4.69) is 134 Å². The van der Waals surface area contributed by atoms with Gasteiger partial charge in [0.1, 0.15) is 5.65 Å². The molecule has 0 aliphatic rings. The molecule has 2 heteroatoms. The van der Waals surface area contributed by atoms with Gasteiger partial charge in [-0.25, -0.2) is 0 Å². The Morgan fingerprint density at radius 2 is 1.00 bits per heavy atom. The zero-order valence-electron chi connectivity index (χ0n) is 22.1. The van der Waals surface area contributed by atoms with E-state index < -0.39 is 0 Å². The van der Waals surface area contributed by atoms with Crippen LogP contribution in [0.3, 0.4) is 0 Å². The molecule has 0 spiro atoms. The maximum absolute atomic E-state index is 2.54. The van der Waals surface area contributed by atoms with Crippen LogP contribution in [0.5, 0.6) is 0 Å². The van der Waals surface area contributed by atoms with E-state index >= 15 is 0 Å². The van der Waals surface area contributed by atoms with Crippen LogP contribution in [0.2, 0.25) is 0 Å². The van der Waals surface area contributed by atoms with Crippen molar-refractivity contribution in [2.24, 2.45) is 0 Å². The molecule has 0 atom stereocenters. The van der Waals surface area contributed by atoms with Crippen LogP contribution in [-0.4, -0.2) is 8.80 Å². The van der Waals surface area contributed by atoms with Crippen molar-refractivity contribution in [2.45, 2.75) is 27.7 Å². The van der Waals surface area contributed by atoms with E-state index in [1.54, 1.807) is 0 Å². The molecule has 0 amide bonds. The maximum Gasteiger partial charge on any atom is 0.131 e. The average Bonchev–Trinajstić information content (AvgIpc) is 3.41. The minimum Gasteiger partial charge on any atom is -0.294 e. The number of fused-ring (bicyclic) bond motifs is 13. The Hall–Kier alpha value is -4.56. The van der Waals surface area contributed by atoms with Crippen LogP contribution < -0.4 is 0 Å². The van der Waals surface area contributed by atoms with Gasteiger partial charge in [-0.2, -0.15) is 0 Å². The highest BCUT2D eigenvalue weighted by molar-refractivity contribution is 6.25. The first-order chi connectivity index (χ1) is 18.5. The zero-order chi connectivity index (χ0) is 25.7. The van der Waals surface area contributed by atoms with Crippen LogP contribution >= 0.6 is 0 Å². The van der Waals surface area contributed by atoms with Crippen LogP contribution in [-0.2, 0) is 0 Å². The number of rotatable bonds is 0. The average molecular weight is 489 g/mol. The largest absolute Gasteiger partial charge is 0.294 e. The van der Waals surface area contributed by atoms with Crippen LogP contribution in [0.1, 0.15) is 22.3 Å². The Labute approximate surface area is 221 Å². The highest BCUT2D eigenvalue weighted by Crippen LogP contribution is 2.41. The molecule has 0 radical (unpaired) electrons. The molecule has 0 fully saturated rings. The first-order valence-electron chi connectivity index (χ1n) is 13.4. The number of nitrogens with zero attached hydrogens (tertiary/aromatic N) is 2. The Kier molecular flexibility index (Phi) is 4.24. The predicted octanol–water partition coefficient (Wildman–Crippen LogP) is 9.75. The van der Waals surface area contributed by atoms with E-state index in [1.807, 2.05) is 0 Å². The summed E-state index contributed by atoms with van der Waals surface area (Å²) in [5.41, 5.74) is 11.3. The molecule has 8 rings (SSSR count). The lowest BCUT2D eigenvalue weighted by Crippen LogP contribution is -1.93. The SMILES string of the molecule is Cc1ccc2c(c1)c1c3cc(C)ccc3n3c4c(C)cccc4c4cccc(C)c4c4ccccc4n2c13. The summed E-state index contributed by atoms with van der Waals surface area (Å²) in [6, 6.07) is 36.3. The standard InChI is InChI=1S/C36H28N2/c1-21-15-17-31-28(19-21)34-29-20-22(2)16-18-32(29)38-35-24(4)10-8-13-26(35)25-12-7-9-23(3)33(25)27-11-5-6-14-30(27)37(31)36(34)38/h5-20H,1-4H3. The van der Waals surface area contributed by atoms with Gasteiger partial charge in [0.15, 0.2) is 0 Å². The predicted molar refractivity (Wildman–Crippen MR) is 164 cm³/mol. The van der Waals surface area contributed by atoms with Gasteiger partial charge in [0.2, 0.25) is 0 Å². The smallest absolute Gasteiger partial charge is 0.131 e. The molecule has 5 aromatic carbocycles. The highest BCUT2D eigenvalue weighted by atomic mass is 15.1. The Morgan fingerprint density at radius 3 is 1.74 bits per heavy atom. The van der Waals surface area contributed by atoms with Gasteiger partial charge in [-0.3, -0.25) is 8.80 Å². The van der Waals surface area contributed by atoms with Gasteiger partial charge in [0.05, 0.1) is 22.1 Å². The summed E-state index contributed by atoms with van der Waals surface area (Å²) in [5.74, 6) is 0. The van der Waals surface area contributed by atoms with Gasteiger partial charge in [0, 0.05) is 26.9 Å². The highest BCUT2D eigenvalue weighted by Gasteiger charge is 2.21. The molecule has 8 aromatic rings. The fraction of sp³-hybridized carbons (Fsp3) is 0.111. The minimum absolute atomic E-state index is 1.22. The summed E-state index contributed by atoms with van der Waals surface area (Å²) in [6.07, 6.45) is 0. The molecule has 0 N–H and O–H groups in total. The van der Waals surface area contributed by atoms with Crippen LogP contribution in [0.15, 0.2) is 97.1 Å². The summed E-state index contributed by atoms with van der Waals surface area (Å²) in [7, 11) is 0. The first-order valence-corrected chi connectivity index (χ1v) is 13.4. The lowest BCUT2D eigenvalue weighted by Gasteiger charge is -2.08. The Balaban J connectivity index is 1.95. The van der Waals surface area contributed by atoms with Crippen molar-refractivity contribution in [3.05, 3.63) is 119 Å². The summed E-state index contributed by atoms with van der Waals surface area (Å²) in [5, 5.41) is 9.08. The molecular weight excluding hydrogens is 460 g/mol. The van der Waals surface area contributed by atoms with E-state index in [1.165, 1.54) is 87.7 Å². The monoisotopic (exact) mass is 488 g/mol. The molecule has 3 heterocycles. The summed E-state index contributed by atoms with van der Waals surface area (Å²) < 4.78 is 5.06. The molecule has 0 unspecified atom stereocenters. The second-order valence-corrected chi connectivity index (χ2v) is 10.9. The van der Waals surface area contributed by atoms with Gasteiger partial charge in [-0.05, 0) is 79.9 Å².